The lowest BCUT2D eigenvalue weighted by Gasteiger charge is -2.22. The van der Waals surface area contributed by atoms with Gasteiger partial charge in [-0.15, -0.1) is 0 Å². The van der Waals surface area contributed by atoms with Gasteiger partial charge in [-0.2, -0.15) is 0 Å². The minimum absolute atomic E-state index is 0.448. The van der Waals surface area contributed by atoms with Crippen molar-refractivity contribution < 1.29 is 4.12 Å². The molecule has 1 radical (unpaired) electrons. The highest BCUT2D eigenvalue weighted by molar-refractivity contribution is 6.77. The van der Waals surface area contributed by atoms with Gasteiger partial charge in [-0.25, -0.2) is 0 Å². The van der Waals surface area contributed by atoms with Crippen molar-refractivity contribution in [3.05, 3.63) is 0 Å². The number of hydrogen-bond donors (Lipinski definition) is 0. The Morgan fingerprint density at radius 3 is 2.18 bits per heavy atom. The first-order valence-electron chi connectivity index (χ1n) is 4.47. The maximum atomic E-state index is 5.98. The van der Waals surface area contributed by atoms with Crippen LogP contribution >= 0.6 is 0 Å². The Kier molecular flexibility index (Phi) is 5.30. The van der Waals surface area contributed by atoms with E-state index < -0.39 is 17.4 Å². The maximum Gasteiger partial charge on any atom is 0.194 e. The molecule has 0 amide bonds. The molecule has 0 aromatic carbocycles. The molecule has 0 aliphatic carbocycles. The van der Waals surface area contributed by atoms with Gasteiger partial charge in [0.1, 0.15) is 0 Å². The molecular formula is C8H21OSi2. The van der Waals surface area contributed by atoms with Gasteiger partial charge in [0, 0.05) is 0 Å². The summed E-state index contributed by atoms with van der Waals surface area (Å²) in [4.78, 5) is 0. The van der Waals surface area contributed by atoms with Gasteiger partial charge in [0.15, 0.2) is 17.4 Å². The molecule has 3 heteroatoms. The van der Waals surface area contributed by atoms with Gasteiger partial charge in [-0.05, 0) is 32.2 Å². The highest BCUT2D eigenvalue weighted by Crippen LogP contribution is 2.09. The maximum absolute atomic E-state index is 5.98. The fourth-order valence-corrected chi connectivity index (χ4v) is 6.44. The minimum atomic E-state index is -1.23. The molecule has 67 valence electrons. The summed E-state index contributed by atoms with van der Waals surface area (Å²) >= 11 is 0. The van der Waals surface area contributed by atoms with Crippen molar-refractivity contribution in [2.45, 2.75) is 52.0 Å². The van der Waals surface area contributed by atoms with Gasteiger partial charge in [-0.1, -0.05) is 19.8 Å². The number of unbranched alkanes of at least 4 members (excludes halogenated alkanes) is 1. The van der Waals surface area contributed by atoms with Crippen LogP contribution in [0.15, 0.2) is 0 Å². The lowest BCUT2D eigenvalue weighted by Crippen LogP contribution is -2.32. The third-order valence-electron chi connectivity index (χ3n) is 1.36. The predicted octanol–water partition coefficient (Wildman–Crippen LogP) is 3.26. The summed E-state index contributed by atoms with van der Waals surface area (Å²) in [7, 11) is -1.67. The molecule has 0 fully saturated rings. The fourth-order valence-electron chi connectivity index (χ4n) is 0.999. The normalized spacial score (nSPS) is 12.5. The Morgan fingerprint density at radius 2 is 1.82 bits per heavy atom. The van der Waals surface area contributed by atoms with Crippen LogP contribution in [0.2, 0.25) is 32.2 Å². The second-order valence-electron chi connectivity index (χ2n) is 4.02. The quantitative estimate of drug-likeness (QED) is 0.603. The summed E-state index contributed by atoms with van der Waals surface area (Å²) in [5.41, 5.74) is 0. The summed E-state index contributed by atoms with van der Waals surface area (Å²) in [6.45, 7) is 11.3. The lowest BCUT2D eigenvalue weighted by atomic mass is 10.4. The van der Waals surface area contributed by atoms with E-state index in [1.54, 1.807) is 0 Å². The summed E-state index contributed by atoms with van der Waals surface area (Å²) < 4.78 is 5.98. The molecule has 0 N–H and O–H groups in total. The molecule has 0 aliphatic heterocycles. The second-order valence-corrected chi connectivity index (χ2v) is 11.0. The first-order chi connectivity index (χ1) is 4.95. The standard InChI is InChI=1S/C8H21OSi2/c1-6-7-8-10(2)9-11(3,4)5/h6-8H2,1-5H3. The van der Waals surface area contributed by atoms with Crippen molar-refractivity contribution in [2.75, 3.05) is 0 Å². The third kappa shape index (κ3) is 8.30. The molecule has 0 aliphatic rings. The van der Waals surface area contributed by atoms with Crippen LogP contribution < -0.4 is 0 Å². The van der Waals surface area contributed by atoms with Crippen LogP contribution in [0.4, 0.5) is 0 Å². The van der Waals surface area contributed by atoms with E-state index in [0.29, 0.717) is 0 Å². The number of hydrogen-bond acceptors (Lipinski definition) is 1. The minimum Gasteiger partial charge on any atom is -0.456 e. The van der Waals surface area contributed by atoms with E-state index >= 15 is 0 Å². The van der Waals surface area contributed by atoms with Crippen molar-refractivity contribution in [1.29, 1.82) is 0 Å². The van der Waals surface area contributed by atoms with Crippen molar-refractivity contribution in [2.24, 2.45) is 0 Å². The first-order valence-corrected chi connectivity index (χ1v) is 9.99. The van der Waals surface area contributed by atoms with Gasteiger partial charge < -0.3 is 4.12 Å². The average molecular weight is 189 g/mol. The van der Waals surface area contributed by atoms with Crippen LogP contribution in [0.1, 0.15) is 19.8 Å². The van der Waals surface area contributed by atoms with E-state index in [9.17, 15) is 0 Å². The van der Waals surface area contributed by atoms with Crippen LogP contribution in [-0.2, 0) is 4.12 Å². The molecule has 0 spiro atoms. The lowest BCUT2D eigenvalue weighted by molar-refractivity contribution is 0.568. The molecule has 0 aromatic rings. The van der Waals surface area contributed by atoms with Crippen LogP contribution in [0.5, 0.6) is 0 Å². The van der Waals surface area contributed by atoms with Crippen molar-refractivity contribution >= 4 is 17.4 Å². The molecule has 0 heterocycles. The monoisotopic (exact) mass is 189 g/mol. The zero-order valence-electron chi connectivity index (χ0n) is 8.53. The second kappa shape index (κ2) is 5.11. The molecule has 0 saturated heterocycles. The fraction of sp³-hybridized carbons (Fsp3) is 1.00. The van der Waals surface area contributed by atoms with Gasteiger partial charge >= 0.3 is 0 Å². The van der Waals surface area contributed by atoms with Crippen LogP contribution in [-0.4, -0.2) is 17.4 Å². The van der Waals surface area contributed by atoms with Gasteiger partial charge in [0.25, 0.3) is 0 Å². The molecule has 1 nitrogen and oxygen atoms in total. The summed E-state index contributed by atoms with van der Waals surface area (Å²) in [6, 6.07) is 1.32. The molecule has 11 heavy (non-hydrogen) atoms. The van der Waals surface area contributed by atoms with Gasteiger partial charge in [-0.3, -0.25) is 0 Å². The van der Waals surface area contributed by atoms with Crippen LogP contribution in [0, 0.1) is 0 Å². The Hall–Kier alpha value is 0.394. The van der Waals surface area contributed by atoms with Crippen LogP contribution in [0.25, 0.3) is 0 Å². The Bertz CT molecular complexity index is 98.8. The predicted molar refractivity (Wildman–Crippen MR) is 55.8 cm³/mol. The Morgan fingerprint density at radius 1 is 1.27 bits per heavy atom. The van der Waals surface area contributed by atoms with E-state index in [1.165, 1.54) is 18.9 Å². The molecular weight excluding hydrogens is 168 g/mol. The first kappa shape index (κ1) is 11.4. The van der Waals surface area contributed by atoms with E-state index in [0.717, 1.165) is 0 Å². The third-order valence-corrected chi connectivity index (χ3v) is 6.26. The molecule has 0 atom stereocenters. The van der Waals surface area contributed by atoms with E-state index in [1.807, 2.05) is 0 Å². The van der Waals surface area contributed by atoms with Crippen molar-refractivity contribution in [3.63, 3.8) is 0 Å². The van der Waals surface area contributed by atoms with Gasteiger partial charge in [0.2, 0.25) is 0 Å². The SMILES string of the molecule is CCCC[Si](C)O[Si](C)(C)C. The zero-order valence-corrected chi connectivity index (χ0v) is 10.5. The topological polar surface area (TPSA) is 9.23 Å². The Labute approximate surface area is 74.0 Å². The summed E-state index contributed by atoms with van der Waals surface area (Å²) in [5.74, 6) is 0. The molecule has 0 unspecified atom stereocenters. The smallest absolute Gasteiger partial charge is 0.194 e. The molecule has 0 aromatic heterocycles. The van der Waals surface area contributed by atoms with Crippen molar-refractivity contribution in [3.8, 4) is 0 Å². The van der Waals surface area contributed by atoms with E-state index in [4.69, 9.17) is 4.12 Å². The summed E-state index contributed by atoms with van der Waals surface area (Å²) in [6.07, 6.45) is 2.65. The highest BCUT2D eigenvalue weighted by atomic mass is 28.4. The van der Waals surface area contributed by atoms with E-state index in [2.05, 4.69) is 33.1 Å². The van der Waals surface area contributed by atoms with Gasteiger partial charge in [0.05, 0.1) is 0 Å². The van der Waals surface area contributed by atoms with E-state index in [-0.39, 0.29) is 0 Å². The number of rotatable bonds is 5. The molecule has 0 rings (SSSR count). The zero-order chi connectivity index (χ0) is 8.91. The van der Waals surface area contributed by atoms with Crippen molar-refractivity contribution in [1.82, 2.24) is 0 Å². The van der Waals surface area contributed by atoms with Crippen LogP contribution in [0.3, 0.4) is 0 Å². The molecule has 0 bridgehead atoms. The summed E-state index contributed by atoms with van der Waals surface area (Å²) in [5, 5.41) is 0. The molecule has 0 saturated carbocycles. The highest BCUT2D eigenvalue weighted by Gasteiger charge is 2.18. The largest absolute Gasteiger partial charge is 0.456 e. The average Bonchev–Trinajstić information content (AvgIpc) is 1.79. The Balaban J connectivity index is 3.44.